The van der Waals surface area contributed by atoms with Gasteiger partial charge in [0.25, 0.3) is 5.91 Å². The molecule has 0 aliphatic carbocycles. The smallest absolute Gasteiger partial charge is 0.255 e. The molecule has 1 amide bonds. The van der Waals surface area contributed by atoms with E-state index in [1.54, 1.807) is 24.5 Å². The highest BCUT2D eigenvalue weighted by Crippen LogP contribution is 2.26. The van der Waals surface area contributed by atoms with Gasteiger partial charge in [-0.15, -0.1) is 0 Å². The van der Waals surface area contributed by atoms with Crippen LogP contribution in [0.3, 0.4) is 0 Å². The number of primary amides is 1. The molecular weight excluding hydrogens is 367 g/mol. The van der Waals surface area contributed by atoms with E-state index in [4.69, 9.17) is 40.5 Å². The zero-order valence-electron chi connectivity index (χ0n) is 11.4. The Morgan fingerprint density at radius 2 is 2.05 bits per heavy atom. The zero-order valence-corrected chi connectivity index (χ0v) is 14.4. The molecule has 9 heteroatoms. The number of hydrogen-bond acceptors (Lipinski definition) is 5. The molecule has 0 saturated heterocycles. The Morgan fingerprint density at radius 3 is 2.64 bits per heavy atom. The third kappa shape index (κ3) is 3.95. The largest absolute Gasteiger partial charge is 0.365 e. The van der Waals surface area contributed by atoms with Crippen LogP contribution in [0.25, 0.3) is 0 Å². The molecule has 22 heavy (non-hydrogen) atoms. The van der Waals surface area contributed by atoms with Gasteiger partial charge in [-0.2, -0.15) is 0 Å². The molecule has 2 rings (SSSR count). The van der Waals surface area contributed by atoms with Gasteiger partial charge in [0.15, 0.2) is 5.16 Å². The number of carbonyl (C=O) groups is 1. The van der Waals surface area contributed by atoms with Crippen LogP contribution in [0, 0.1) is 0 Å². The highest BCUT2D eigenvalue weighted by molar-refractivity contribution is 7.98. The molecule has 2 aromatic rings. The van der Waals surface area contributed by atoms with Crippen LogP contribution in [0.4, 0.5) is 5.82 Å². The third-order valence-electron chi connectivity index (χ3n) is 2.73. The molecule has 0 aliphatic heterocycles. The normalized spacial score (nSPS) is 10.5. The average molecular weight is 378 g/mol. The average Bonchev–Trinajstić information content (AvgIpc) is 2.45. The molecule has 0 fully saturated rings. The molecule has 116 valence electrons. The number of benzene rings is 1. The van der Waals surface area contributed by atoms with Crippen molar-refractivity contribution in [1.29, 1.82) is 0 Å². The first kappa shape index (κ1) is 17.1. The number of nitrogens with one attached hydrogen (secondary N) is 1. The Bertz CT molecular complexity index is 727. The Balaban J connectivity index is 2.32. The van der Waals surface area contributed by atoms with Crippen LogP contribution in [0.15, 0.2) is 23.4 Å². The lowest BCUT2D eigenvalue weighted by molar-refractivity contribution is 0.100. The van der Waals surface area contributed by atoms with E-state index >= 15 is 0 Å². The minimum absolute atomic E-state index is 0.0107. The van der Waals surface area contributed by atoms with Crippen LogP contribution < -0.4 is 11.1 Å². The summed E-state index contributed by atoms with van der Waals surface area (Å²) in [5.74, 6) is -0.440. The summed E-state index contributed by atoms with van der Waals surface area (Å²) in [7, 11) is 0. The summed E-state index contributed by atoms with van der Waals surface area (Å²) >= 11 is 19.3. The predicted molar refractivity (Wildman–Crippen MR) is 91.1 cm³/mol. The number of rotatable bonds is 5. The fraction of sp³-hybridized carbons (Fsp3) is 0.154. The van der Waals surface area contributed by atoms with Gasteiger partial charge in [0.1, 0.15) is 16.5 Å². The standard InChI is InChI=1S/C13H11Cl3N4OS/c1-22-13-19-10(16)9(11(17)21)12(20-13)18-5-6-2-3-7(14)4-8(6)15/h2-4H,5H2,1H3,(H2,17,21)(H,18,19,20). The summed E-state index contributed by atoms with van der Waals surface area (Å²) in [6.45, 7) is 0.331. The van der Waals surface area contributed by atoms with Crippen molar-refractivity contribution in [3.05, 3.63) is 44.5 Å². The van der Waals surface area contributed by atoms with Gasteiger partial charge in [-0.1, -0.05) is 52.6 Å². The molecule has 5 nitrogen and oxygen atoms in total. The fourth-order valence-corrected chi connectivity index (χ4v) is 2.85. The molecule has 0 radical (unpaired) electrons. The van der Waals surface area contributed by atoms with Crippen LogP contribution in [0.2, 0.25) is 15.2 Å². The van der Waals surface area contributed by atoms with E-state index in [1.165, 1.54) is 11.8 Å². The Morgan fingerprint density at radius 1 is 1.32 bits per heavy atom. The van der Waals surface area contributed by atoms with E-state index in [1.807, 2.05) is 0 Å². The molecule has 1 aromatic heterocycles. The fourth-order valence-electron chi connectivity index (χ4n) is 1.70. The first-order valence-corrected chi connectivity index (χ1v) is 8.37. The summed E-state index contributed by atoms with van der Waals surface area (Å²) in [5, 5.41) is 4.50. The van der Waals surface area contributed by atoms with Gasteiger partial charge in [-0.25, -0.2) is 9.97 Å². The van der Waals surface area contributed by atoms with Gasteiger partial charge in [-0.05, 0) is 24.0 Å². The number of amides is 1. The molecule has 1 aromatic carbocycles. The molecule has 0 unspecified atom stereocenters. The van der Waals surface area contributed by atoms with E-state index in [0.29, 0.717) is 21.7 Å². The topological polar surface area (TPSA) is 80.9 Å². The van der Waals surface area contributed by atoms with Gasteiger partial charge in [0.2, 0.25) is 0 Å². The monoisotopic (exact) mass is 376 g/mol. The van der Waals surface area contributed by atoms with E-state index in [9.17, 15) is 4.79 Å². The van der Waals surface area contributed by atoms with Gasteiger partial charge < -0.3 is 11.1 Å². The van der Waals surface area contributed by atoms with E-state index < -0.39 is 5.91 Å². The predicted octanol–water partition coefficient (Wildman–Crippen LogP) is 3.87. The quantitative estimate of drug-likeness (QED) is 0.469. The SMILES string of the molecule is CSc1nc(Cl)c(C(N)=O)c(NCc2ccc(Cl)cc2Cl)n1. The van der Waals surface area contributed by atoms with Crippen molar-refractivity contribution >= 4 is 58.3 Å². The lowest BCUT2D eigenvalue weighted by atomic mass is 10.2. The molecule has 0 bridgehead atoms. The van der Waals surface area contributed by atoms with Crippen molar-refractivity contribution in [2.45, 2.75) is 11.7 Å². The molecule has 3 N–H and O–H groups in total. The number of hydrogen-bond donors (Lipinski definition) is 2. The van der Waals surface area contributed by atoms with Crippen LogP contribution >= 0.6 is 46.6 Å². The maximum Gasteiger partial charge on any atom is 0.255 e. The number of nitrogens with zero attached hydrogens (tertiary/aromatic N) is 2. The maximum absolute atomic E-state index is 11.5. The first-order valence-electron chi connectivity index (χ1n) is 6.01. The minimum Gasteiger partial charge on any atom is -0.365 e. The van der Waals surface area contributed by atoms with Crippen LogP contribution in [0.1, 0.15) is 15.9 Å². The van der Waals surface area contributed by atoms with Crippen LogP contribution in [-0.4, -0.2) is 22.1 Å². The van der Waals surface area contributed by atoms with Crippen LogP contribution in [0.5, 0.6) is 0 Å². The number of anilines is 1. The maximum atomic E-state index is 11.5. The highest BCUT2D eigenvalue weighted by atomic mass is 35.5. The van der Waals surface area contributed by atoms with E-state index in [2.05, 4.69) is 15.3 Å². The second-order valence-corrected chi connectivity index (χ2v) is 6.15. The molecule has 0 spiro atoms. The number of nitrogens with two attached hydrogens (primary N) is 1. The van der Waals surface area contributed by atoms with E-state index in [-0.39, 0.29) is 16.5 Å². The summed E-state index contributed by atoms with van der Waals surface area (Å²) in [6.07, 6.45) is 1.80. The molecular formula is C13H11Cl3N4OS. The lowest BCUT2D eigenvalue weighted by Crippen LogP contribution is -2.17. The van der Waals surface area contributed by atoms with Crippen molar-refractivity contribution in [3.8, 4) is 0 Å². The molecule has 0 aliphatic rings. The van der Waals surface area contributed by atoms with Gasteiger partial charge in [-0.3, -0.25) is 4.79 Å². The number of aromatic nitrogens is 2. The number of thioether (sulfide) groups is 1. The van der Waals surface area contributed by atoms with Gasteiger partial charge in [0, 0.05) is 16.6 Å². The summed E-state index contributed by atoms with van der Waals surface area (Å²) in [4.78, 5) is 19.7. The first-order chi connectivity index (χ1) is 10.4. The van der Waals surface area contributed by atoms with Crippen molar-refractivity contribution in [1.82, 2.24) is 9.97 Å². The minimum atomic E-state index is -0.706. The number of halogens is 3. The van der Waals surface area contributed by atoms with Crippen molar-refractivity contribution in [3.63, 3.8) is 0 Å². The zero-order chi connectivity index (χ0) is 16.3. The number of carbonyl (C=O) groups excluding carboxylic acids is 1. The molecule has 1 heterocycles. The lowest BCUT2D eigenvalue weighted by Gasteiger charge is -2.12. The molecule has 0 saturated carbocycles. The van der Waals surface area contributed by atoms with Crippen LogP contribution in [-0.2, 0) is 6.54 Å². The third-order valence-corrected chi connectivity index (χ3v) is 4.14. The summed E-state index contributed by atoms with van der Waals surface area (Å²) in [5.41, 5.74) is 6.17. The van der Waals surface area contributed by atoms with Gasteiger partial charge in [0.05, 0.1) is 0 Å². The summed E-state index contributed by atoms with van der Waals surface area (Å²) < 4.78 is 0. The Hall–Kier alpha value is -1.21. The van der Waals surface area contributed by atoms with Crippen molar-refractivity contribution in [2.75, 3.05) is 11.6 Å². The van der Waals surface area contributed by atoms with Crippen molar-refractivity contribution in [2.24, 2.45) is 5.73 Å². The Labute approximate surface area is 146 Å². The second-order valence-electron chi connectivity index (χ2n) is 4.18. The summed E-state index contributed by atoms with van der Waals surface area (Å²) in [6, 6.07) is 5.13. The second kappa shape index (κ2) is 7.37. The Kier molecular flexibility index (Phi) is 5.74. The molecule has 0 atom stereocenters. The highest BCUT2D eigenvalue weighted by Gasteiger charge is 2.18. The van der Waals surface area contributed by atoms with Crippen molar-refractivity contribution < 1.29 is 4.79 Å². The van der Waals surface area contributed by atoms with E-state index in [0.717, 1.165) is 5.56 Å². The van der Waals surface area contributed by atoms with Gasteiger partial charge >= 0.3 is 0 Å².